The first kappa shape index (κ1) is 26.0. The van der Waals surface area contributed by atoms with Crippen LogP contribution in [-0.2, 0) is 6.42 Å². The van der Waals surface area contributed by atoms with Gasteiger partial charge in [-0.25, -0.2) is 0 Å². The Kier molecular flexibility index (Phi) is 5.65. The van der Waals surface area contributed by atoms with Crippen LogP contribution in [0, 0.1) is 0 Å². The maximum Gasteiger partial charge on any atom is 0.263 e. The molecule has 1 atom stereocenters. The van der Waals surface area contributed by atoms with E-state index in [4.69, 9.17) is 11.6 Å². The molecule has 0 amide bonds. The fourth-order valence-corrected chi connectivity index (χ4v) is 7.56. The summed E-state index contributed by atoms with van der Waals surface area (Å²) in [5, 5.41) is 3.11. The summed E-state index contributed by atoms with van der Waals surface area (Å²) in [6.07, 6.45) is 0.429. The van der Waals surface area contributed by atoms with E-state index in [1.165, 1.54) is 0 Å². The van der Waals surface area contributed by atoms with E-state index < -0.39 is 5.92 Å². The summed E-state index contributed by atoms with van der Waals surface area (Å²) in [6, 6.07) is 44.1. The highest BCUT2D eigenvalue weighted by molar-refractivity contribution is 6.34. The minimum atomic E-state index is -0.469. The van der Waals surface area contributed by atoms with Crippen LogP contribution in [0.3, 0.4) is 0 Å². The van der Waals surface area contributed by atoms with Crippen molar-refractivity contribution in [1.29, 1.82) is 0 Å². The average Bonchev–Trinajstić information content (AvgIpc) is 3.08. The number of hydrogen-bond acceptors (Lipinski definition) is 3. The van der Waals surface area contributed by atoms with E-state index >= 15 is 0 Å². The number of rotatable bonds is 1. The Hall–Kier alpha value is -5.45. The largest absolute Gasteiger partial charge is 0.309 e. The van der Waals surface area contributed by atoms with Crippen molar-refractivity contribution in [2.45, 2.75) is 12.3 Å². The number of aromatic nitrogens is 1. The molecule has 6 bridgehead atoms. The molecule has 4 nitrogen and oxygen atoms in total. The summed E-state index contributed by atoms with van der Waals surface area (Å²) in [7, 11) is 0. The smallest absolute Gasteiger partial charge is 0.263 e. The number of fused-ring (bicyclic) bond motifs is 9. The highest BCUT2D eigenvalue weighted by Crippen LogP contribution is 2.46. The second-order valence-electron chi connectivity index (χ2n) is 11.7. The van der Waals surface area contributed by atoms with Crippen LogP contribution in [0.1, 0.15) is 27.4 Å². The molecule has 1 aromatic heterocycles. The molecule has 0 spiro atoms. The fourth-order valence-electron chi connectivity index (χ4n) is 7.27. The second kappa shape index (κ2) is 9.78. The highest BCUT2D eigenvalue weighted by atomic mass is 35.5. The fraction of sp³-hybridized carbons (Fsp3) is 0.0500. The monoisotopic (exact) mass is 600 g/mol. The number of ketones is 1. The van der Waals surface area contributed by atoms with Crippen molar-refractivity contribution >= 4 is 56.1 Å². The zero-order chi connectivity index (χ0) is 30.2. The molecule has 1 aliphatic heterocycles. The highest BCUT2D eigenvalue weighted by Gasteiger charge is 2.34. The number of pyridine rings is 1. The summed E-state index contributed by atoms with van der Waals surface area (Å²) in [5.74, 6) is -0.411. The number of anilines is 3. The first-order valence-electron chi connectivity index (χ1n) is 15.1. The van der Waals surface area contributed by atoms with Gasteiger partial charge in [0, 0.05) is 33.4 Å². The van der Waals surface area contributed by atoms with Crippen LogP contribution in [0.15, 0.2) is 138 Å². The number of Topliss-reactive ketones (excluding diaryl/α,β-unsaturated/α-hetero) is 1. The Morgan fingerprint density at radius 2 is 1.31 bits per heavy atom. The van der Waals surface area contributed by atoms with Gasteiger partial charge in [-0.3, -0.25) is 14.2 Å². The molecule has 214 valence electrons. The number of benzene rings is 6. The van der Waals surface area contributed by atoms with Crippen LogP contribution in [-0.4, -0.2) is 10.4 Å². The normalized spacial score (nSPS) is 15.0. The lowest BCUT2D eigenvalue weighted by Gasteiger charge is -2.29. The molecule has 0 saturated heterocycles. The number of carbonyl (C=O) groups excluding carboxylic acids is 1. The van der Waals surface area contributed by atoms with E-state index in [1.807, 2.05) is 102 Å². The van der Waals surface area contributed by atoms with Crippen LogP contribution in [0.5, 0.6) is 0 Å². The van der Waals surface area contributed by atoms with E-state index in [0.29, 0.717) is 22.4 Å². The molecule has 2 heterocycles. The molecule has 0 saturated carbocycles. The molecular weight excluding hydrogens is 576 g/mol. The summed E-state index contributed by atoms with van der Waals surface area (Å²) >= 11 is 7.32. The third-order valence-electron chi connectivity index (χ3n) is 9.34. The number of halogens is 1. The van der Waals surface area contributed by atoms with Gasteiger partial charge in [0.15, 0.2) is 5.78 Å². The van der Waals surface area contributed by atoms with Crippen molar-refractivity contribution in [1.82, 2.24) is 4.57 Å². The minimum absolute atomic E-state index is 0.0584. The van der Waals surface area contributed by atoms with Gasteiger partial charge < -0.3 is 4.90 Å². The molecule has 1 unspecified atom stereocenters. The summed E-state index contributed by atoms with van der Waals surface area (Å²) in [6.45, 7) is 0. The molecule has 45 heavy (non-hydrogen) atoms. The van der Waals surface area contributed by atoms with Crippen LogP contribution < -0.4 is 10.5 Å². The molecule has 9 rings (SSSR count). The van der Waals surface area contributed by atoms with Crippen molar-refractivity contribution in [3.8, 4) is 16.8 Å². The summed E-state index contributed by atoms with van der Waals surface area (Å²) in [4.78, 5) is 30.8. The van der Waals surface area contributed by atoms with E-state index in [1.54, 1.807) is 0 Å². The van der Waals surface area contributed by atoms with Crippen LogP contribution in [0.4, 0.5) is 17.1 Å². The second-order valence-corrected chi connectivity index (χ2v) is 12.1. The Labute approximate surface area is 264 Å². The molecule has 1 aliphatic carbocycles. The SMILES string of the molecule is O=C1c2ccccc2-c2ccc3cc2C1Cc1cccc(c1Cl)N(c1ccccc1)c1ccc2c4ccccc4c(=O)n-3c2c1. The Morgan fingerprint density at radius 3 is 2.16 bits per heavy atom. The van der Waals surface area contributed by atoms with Crippen LogP contribution in [0.2, 0.25) is 5.02 Å². The number of carbonyl (C=O) groups is 1. The predicted molar refractivity (Wildman–Crippen MR) is 183 cm³/mol. The summed E-state index contributed by atoms with van der Waals surface area (Å²) < 4.78 is 1.81. The summed E-state index contributed by atoms with van der Waals surface area (Å²) in [5.41, 5.74) is 8.45. The lowest BCUT2D eigenvalue weighted by atomic mass is 9.75. The van der Waals surface area contributed by atoms with Gasteiger partial charge in [-0.15, -0.1) is 0 Å². The van der Waals surface area contributed by atoms with E-state index in [2.05, 4.69) is 41.3 Å². The van der Waals surface area contributed by atoms with Gasteiger partial charge in [-0.1, -0.05) is 96.5 Å². The standard InChI is InChI=1S/C40H25ClN2O2/c41-38-24-9-8-16-36(38)42(25-10-2-1-3-11-25)27-18-20-31-29-13-5-7-15-33(29)40(45)43(37(31)23-27)26-17-19-30-28-12-4-6-14-32(28)39(44)35(21-24)34(30)22-26/h1-20,22-23,35H,21H2. The average molecular weight is 601 g/mol. The van der Waals surface area contributed by atoms with E-state index in [0.717, 1.165) is 61.3 Å². The Balaban J connectivity index is 1.45. The Bertz CT molecular complexity index is 2430. The van der Waals surface area contributed by atoms with Crippen LogP contribution in [0.25, 0.3) is 38.5 Å². The van der Waals surface area contributed by atoms with E-state index in [-0.39, 0.29) is 11.3 Å². The van der Waals surface area contributed by atoms with Gasteiger partial charge in [0.2, 0.25) is 0 Å². The molecule has 7 aromatic rings. The number of para-hydroxylation sites is 1. The van der Waals surface area contributed by atoms with Crippen molar-refractivity contribution in [2.75, 3.05) is 4.90 Å². The topological polar surface area (TPSA) is 42.3 Å². The first-order chi connectivity index (χ1) is 22.1. The lowest BCUT2D eigenvalue weighted by Crippen LogP contribution is -2.23. The molecule has 5 heteroatoms. The van der Waals surface area contributed by atoms with Crippen molar-refractivity contribution in [3.05, 3.63) is 166 Å². The number of nitrogens with zero attached hydrogens (tertiary/aromatic N) is 2. The number of hydrogen-bond donors (Lipinski definition) is 0. The third kappa shape index (κ3) is 3.79. The van der Waals surface area contributed by atoms with Crippen LogP contribution >= 0.6 is 11.6 Å². The van der Waals surface area contributed by atoms with Crippen molar-refractivity contribution in [2.24, 2.45) is 0 Å². The maximum atomic E-state index is 14.4. The lowest BCUT2D eigenvalue weighted by molar-refractivity contribution is 0.0957. The zero-order valence-electron chi connectivity index (χ0n) is 24.1. The van der Waals surface area contributed by atoms with Gasteiger partial charge in [0.25, 0.3) is 5.56 Å². The molecule has 2 aliphatic rings. The Morgan fingerprint density at radius 1 is 0.578 bits per heavy atom. The molecule has 0 radical (unpaired) electrons. The quantitative estimate of drug-likeness (QED) is 0.176. The molecular formula is C40H25ClN2O2. The van der Waals surface area contributed by atoms with E-state index in [9.17, 15) is 9.59 Å². The van der Waals surface area contributed by atoms with Gasteiger partial charge in [0.05, 0.1) is 22.1 Å². The van der Waals surface area contributed by atoms with Gasteiger partial charge in [-0.2, -0.15) is 0 Å². The minimum Gasteiger partial charge on any atom is -0.309 e. The molecule has 6 aromatic carbocycles. The predicted octanol–water partition coefficient (Wildman–Crippen LogP) is 9.77. The van der Waals surface area contributed by atoms with Crippen molar-refractivity contribution < 1.29 is 4.79 Å². The van der Waals surface area contributed by atoms with Crippen molar-refractivity contribution in [3.63, 3.8) is 0 Å². The molecule has 0 fully saturated rings. The maximum absolute atomic E-state index is 14.4. The first-order valence-corrected chi connectivity index (χ1v) is 15.4. The van der Waals surface area contributed by atoms with Gasteiger partial charge in [-0.05, 0) is 82.6 Å². The third-order valence-corrected chi connectivity index (χ3v) is 9.77. The van der Waals surface area contributed by atoms with Gasteiger partial charge in [0.1, 0.15) is 0 Å². The zero-order valence-corrected chi connectivity index (χ0v) is 24.8. The van der Waals surface area contributed by atoms with Gasteiger partial charge >= 0.3 is 0 Å². The molecule has 0 N–H and O–H groups in total.